The third kappa shape index (κ3) is 20.5. The molecular weight excluding hydrogens is 1320 g/mol. The van der Waals surface area contributed by atoms with Crippen LogP contribution in [0, 0.1) is 125 Å². The lowest BCUT2D eigenvalue weighted by molar-refractivity contribution is -0.289. The summed E-state index contributed by atoms with van der Waals surface area (Å²) in [5.41, 5.74) is -7.66. The van der Waals surface area contributed by atoms with Crippen LogP contribution in [0.3, 0.4) is 0 Å². The summed E-state index contributed by atoms with van der Waals surface area (Å²) in [6.45, 7) is 10.6. The highest BCUT2D eigenvalue weighted by Gasteiger charge is 2.58. The third-order valence-electron chi connectivity index (χ3n) is 11.7. The molecule has 0 heterocycles. The van der Waals surface area contributed by atoms with Crippen molar-refractivity contribution in [3.8, 4) is 0 Å². The summed E-state index contributed by atoms with van der Waals surface area (Å²) >= 11 is 0. The van der Waals surface area contributed by atoms with Gasteiger partial charge in [0.15, 0.2) is 69.8 Å². The molecule has 0 amide bonds. The fourth-order valence-corrected chi connectivity index (χ4v) is 6.43. The van der Waals surface area contributed by atoms with Gasteiger partial charge in [0, 0.05) is 28.7 Å². The molecular formula is C56H38F34. The highest BCUT2D eigenvalue weighted by Crippen LogP contribution is 2.45. The quantitative estimate of drug-likeness (QED) is 0.115. The molecule has 0 saturated heterocycles. The number of hydrogen-bond donors (Lipinski definition) is 0. The number of rotatable bonds is 6. The Morgan fingerprint density at radius 1 is 0.344 bits per heavy atom. The molecule has 0 atom stereocenters. The van der Waals surface area contributed by atoms with Gasteiger partial charge >= 0.3 is 48.7 Å². The summed E-state index contributed by atoms with van der Waals surface area (Å²) < 4.78 is 422. The fraction of sp³-hybridized carbons (Fsp3) is 0.286. The molecule has 90 heavy (non-hydrogen) atoms. The van der Waals surface area contributed by atoms with Crippen LogP contribution in [0.5, 0.6) is 0 Å². The van der Waals surface area contributed by atoms with Gasteiger partial charge < -0.3 is 0 Å². The Morgan fingerprint density at radius 2 is 0.667 bits per heavy atom. The standard InChI is InChI=1S/C10H3F9.2C10H11F3.C9H3F7.C9H7F5.C8H3F7/c1-2-4(11)6(13)3(7(14)5(2)12)10(18,19)8(15)9(16)17;1-6-4-9(10(11,12)13)5-7(2)8(6)3;1-8-2-4-9(5-3-8)6-7-10(11,12)13;1-2-4(10)6(12)3(7(13)5(2)11)8(14)9(15)16;1-6-2-4-7(5-3-6)8(10,11)9(12,13)14;1-2-4(9)6(11)3(8(13,14)15)7(12)5(2)10/h1H3;4-5H,1-3H3;2-5H,6-7H2,1H3;1H3;2-5H,1H3;1H3. The first-order chi connectivity index (χ1) is 40.5. The van der Waals surface area contributed by atoms with Gasteiger partial charge in [-0.3, -0.25) is 0 Å². The second-order valence-electron chi connectivity index (χ2n) is 18.3. The lowest BCUT2D eigenvalue weighted by Crippen LogP contribution is -2.33. The van der Waals surface area contributed by atoms with Crippen molar-refractivity contribution in [2.45, 2.75) is 105 Å². The molecule has 34 heteroatoms. The molecule has 0 unspecified atom stereocenters. The maximum Gasteiger partial charge on any atom is 0.458 e. The van der Waals surface area contributed by atoms with Gasteiger partial charge in [0.1, 0.15) is 11.1 Å². The molecule has 0 bridgehead atoms. The molecule has 0 aliphatic rings. The fourth-order valence-electron chi connectivity index (χ4n) is 6.43. The molecule has 0 saturated carbocycles. The second kappa shape index (κ2) is 31.0. The predicted molar refractivity (Wildman–Crippen MR) is 255 cm³/mol. The van der Waals surface area contributed by atoms with Crippen LogP contribution in [0.1, 0.15) is 84.3 Å². The van der Waals surface area contributed by atoms with Crippen LogP contribution in [-0.4, -0.2) is 12.4 Å². The zero-order valence-electron chi connectivity index (χ0n) is 46.0. The van der Waals surface area contributed by atoms with E-state index in [2.05, 4.69) is 0 Å². The van der Waals surface area contributed by atoms with Gasteiger partial charge in [-0.1, -0.05) is 59.7 Å². The Morgan fingerprint density at radius 3 is 0.956 bits per heavy atom. The molecule has 0 radical (unpaired) electrons. The van der Waals surface area contributed by atoms with Crippen molar-refractivity contribution in [1.82, 2.24) is 0 Å². The molecule has 0 N–H and O–H groups in total. The number of hydrogen-bond acceptors (Lipinski definition) is 0. The van der Waals surface area contributed by atoms with E-state index in [0.29, 0.717) is 37.5 Å². The summed E-state index contributed by atoms with van der Waals surface area (Å²) in [4.78, 5) is 0. The van der Waals surface area contributed by atoms with Crippen molar-refractivity contribution in [3.63, 3.8) is 0 Å². The van der Waals surface area contributed by atoms with Crippen LogP contribution in [0.4, 0.5) is 149 Å². The summed E-state index contributed by atoms with van der Waals surface area (Å²) in [6.07, 6.45) is -26.6. The van der Waals surface area contributed by atoms with Crippen LogP contribution in [0.25, 0.3) is 5.83 Å². The van der Waals surface area contributed by atoms with Gasteiger partial charge in [-0.05, 0) is 96.2 Å². The molecule has 0 fully saturated rings. The van der Waals surface area contributed by atoms with Gasteiger partial charge in [0.2, 0.25) is 11.7 Å². The smallest absolute Gasteiger partial charge is 0.203 e. The zero-order chi connectivity index (χ0) is 70.8. The second-order valence-corrected chi connectivity index (χ2v) is 18.3. The average Bonchev–Trinajstić information content (AvgIpc) is 0.821. The van der Waals surface area contributed by atoms with Crippen molar-refractivity contribution in [2.75, 3.05) is 0 Å². The van der Waals surface area contributed by atoms with E-state index in [-0.39, 0.29) is 6.42 Å². The topological polar surface area (TPSA) is 0 Å². The minimum absolute atomic E-state index is 0.0732. The molecule has 0 aromatic heterocycles. The molecule has 6 rings (SSSR count). The van der Waals surface area contributed by atoms with Crippen molar-refractivity contribution in [3.05, 3.63) is 226 Å². The molecule has 0 aliphatic heterocycles. The van der Waals surface area contributed by atoms with Crippen molar-refractivity contribution < 1.29 is 149 Å². The predicted octanol–water partition coefficient (Wildman–Crippen LogP) is 23.1. The third-order valence-corrected chi connectivity index (χ3v) is 11.7. The van der Waals surface area contributed by atoms with E-state index in [4.69, 9.17) is 0 Å². The number of alkyl halides is 16. The summed E-state index contributed by atoms with van der Waals surface area (Å²) in [6, 6.07) is 13.5. The van der Waals surface area contributed by atoms with Gasteiger partial charge in [0.25, 0.3) is 0 Å². The Kier molecular flexibility index (Phi) is 27.7. The van der Waals surface area contributed by atoms with Crippen LogP contribution in [0.15, 0.2) is 78.7 Å². The molecule has 6 aromatic carbocycles. The van der Waals surface area contributed by atoms with Crippen LogP contribution >= 0.6 is 0 Å². The van der Waals surface area contributed by atoms with Crippen LogP contribution in [-0.2, 0) is 30.6 Å². The van der Waals surface area contributed by atoms with Crippen molar-refractivity contribution >= 4 is 5.83 Å². The minimum atomic E-state index is -5.54. The molecule has 0 nitrogen and oxygen atoms in total. The highest BCUT2D eigenvalue weighted by molar-refractivity contribution is 5.61. The minimum Gasteiger partial charge on any atom is -0.203 e. The lowest BCUT2D eigenvalue weighted by atomic mass is 10.0. The van der Waals surface area contributed by atoms with Gasteiger partial charge in [-0.2, -0.15) is 92.2 Å². The van der Waals surface area contributed by atoms with Gasteiger partial charge in [-0.25, -0.2) is 57.1 Å². The first-order valence-electron chi connectivity index (χ1n) is 23.7. The van der Waals surface area contributed by atoms with E-state index < -0.39 is 181 Å². The van der Waals surface area contributed by atoms with E-state index in [1.165, 1.54) is 24.3 Å². The van der Waals surface area contributed by atoms with E-state index >= 15 is 0 Å². The lowest BCUT2D eigenvalue weighted by Gasteiger charge is -2.19. The van der Waals surface area contributed by atoms with E-state index in [1.807, 2.05) is 26.0 Å². The first kappa shape index (κ1) is 80.4. The van der Waals surface area contributed by atoms with Gasteiger partial charge in [0.05, 0.1) is 11.1 Å². The van der Waals surface area contributed by atoms with Crippen LogP contribution < -0.4 is 0 Å². The number of benzene rings is 6. The first-order valence-corrected chi connectivity index (χ1v) is 23.7. The Labute approximate surface area is 485 Å². The maximum absolute atomic E-state index is 13.1. The number of halogens is 34. The van der Waals surface area contributed by atoms with Gasteiger partial charge in [-0.15, -0.1) is 0 Å². The Hall–Kier alpha value is -7.58. The Balaban J connectivity index is 0.000000543. The molecule has 500 valence electrons. The highest BCUT2D eigenvalue weighted by atomic mass is 19.4. The molecule has 0 aliphatic carbocycles. The SMILES string of the molecule is Cc1c(F)c(F)c(C(F)(F)C(F)=C(F)F)c(F)c1F.Cc1c(F)c(F)c(C(F)(F)F)c(F)c1F.Cc1c(F)c(F)c(C(F)=C(F)F)c(F)c1F.Cc1cc(C(F)(F)F)cc(C)c1C.Cc1ccc(C(F)(F)C(F)(F)F)cc1.Cc1ccc(CCC(F)(F)F)cc1. The maximum atomic E-state index is 13.1. The van der Waals surface area contributed by atoms with E-state index in [1.54, 1.807) is 32.9 Å². The zero-order valence-corrected chi connectivity index (χ0v) is 46.0. The normalized spacial score (nSPS) is 11.8. The summed E-state index contributed by atoms with van der Waals surface area (Å²) in [7, 11) is 0. The monoisotopic (exact) mass is 1360 g/mol. The van der Waals surface area contributed by atoms with E-state index in [9.17, 15) is 149 Å². The number of aryl methyl sites for hydroxylation is 5. The average molecular weight is 1360 g/mol. The van der Waals surface area contributed by atoms with Crippen molar-refractivity contribution in [2.24, 2.45) is 0 Å². The van der Waals surface area contributed by atoms with Crippen molar-refractivity contribution in [1.29, 1.82) is 0 Å². The van der Waals surface area contributed by atoms with Crippen LogP contribution in [0.2, 0.25) is 0 Å². The largest absolute Gasteiger partial charge is 0.458 e. The molecule has 6 aromatic rings. The summed E-state index contributed by atoms with van der Waals surface area (Å²) in [5, 5.41) is 0. The van der Waals surface area contributed by atoms with E-state index in [0.717, 1.165) is 28.8 Å². The summed E-state index contributed by atoms with van der Waals surface area (Å²) in [5.74, 6) is -43.3. The number of allylic oxidation sites excluding steroid dienone is 1. The molecule has 0 spiro atoms. The Bertz CT molecular complexity index is 3400.